The summed E-state index contributed by atoms with van der Waals surface area (Å²) in [4.78, 5) is 10.9. The van der Waals surface area contributed by atoms with Gasteiger partial charge in [0.1, 0.15) is 62.2 Å². The molecule has 698 valence electrons. The summed E-state index contributed by atoms with van der Waals surface area (Å²) in [6.45, 7) is 19.8. The fraction of sp³-hybridized carbons (Fsp3) is 0.148. The predicted octanol–water partition coefficient (Wildman–Crippen LogP) is 21.9. The van der Waals surface area contributed by atoms with E-state index in [1.165, 1.54) is 97.1 Å². The van der Waals surface area contributed by atoms with Gasteiger partial charge in [-0.05, 0) is 204 Å². The van der Waals surface area contributed by atoms with Crippen molar-refractivity contribution in [2.75, 3.05) is 26.4 Å². The Balaban J connectivity index is 0.958. The van der Waals surface area contributed by atoms with Gasteiger partial charge >= 0.3 is 0 Å². The van der Waals surface area contributed by atoms with Crippen LogP contribution in [-0.2, 0) is 78.7 Å². The third-order valence-corrected chi connectivity index (χ3v) is 43.6. The van der Waals surface area contributed by atoms with Crippen LogP contribution in [-0.4, -0.2) is 114 Å². The van der Waals surface area contributed by atoms with Crippen LogP contribution in [0.5, 0.6) is 23.0 Å². The van der Waals surface area contributed by atoms with Gasteiger partial charge in [0.25, 0.3) is 0 Å². The molecule has 3 aromatic heterocycles. The number of aromatic amines is 2. The number of rotatable bonds is 12. The molecule has 0 aliphatic carbocycles. The largest absolute Gasteiger partial charge is 0.493 e. The number of aryl methyl sites for hydroxylation is 8. The van der Waals surface area contributed by atoms with Crippen molar-refractivity contribution < 1.29 is 86.3 Å². The molecule has 13 heterocycles. The first-order valence-corrected chi connectivity index (χ1v) is 57.0. The van der Waals surface area contributed by atoms with E-state index in [0.29, 0.717) is 44.5 Å². The number of sulfone groups is 8. The van der Waals surface area contributed by atoms with E-state index in [2.05, 4.69) is 9.97 Å². The number of hydrogen-bond donors (Lipinski definition) is 2. The standard InChI is InChI=1S/C108H78N4O20S8/c1-13-129-97-81-57-41-49(5)17-33-73(57)133(113,114)101-85(81)61-45-53(9)21-37-77(61)137(121,122)105(101)93(97)89-65-25-27-67(109-65)90(94-98(130-14-2)82-58-42-50(6)18-34-74(58)134(115,116)102-86(82)62-46-54(10)22-38-78(62)138(123,124)106(94)102)69-29-31-71(111-69)92(96-100(132-16-4)84-60-44-52(8)20-36-76(60)136(119,120)104-88(84)64-48-56(12)24-40-80(64)140(127,128)108(96)104)72-32-30-70(112-72)91(68-28-26-66(89)110-68)95-99(131-15-3)83-59-43-51(7)19-35-75(59)135(117,118)103-87(83)63-47-55(11)23-39-79(63)139(125,126)107(95)103/h17-48,109,112H,13-16H2,1-12H3. The molecule has 0 radical (unpaired) electrons. The van der Waals surface area contributed by atoms with Crippen LogP contribution in [0.15, 0.2) is 248 Å². The minimum absolute atomic E-state index is 0.00781. The maximum atomic E-state index is 17.1. The molecule has 0 fully saturated rings. The highest BCUT2D eigenvalue weighted by atomic mass is 32.2. The monoisotopic (exact) mass is 2010 g/mol. The van der Waals surface area contributed by atoms with Gasteiger partial charge in [-0.25, -0.2) is 77.3 Å². The molecule has 2 N–H and O–H groups in total. The van der Waals surface area contributed by atoms with Crippen molar-refractivity contribution in [2.24, 2.45) is 0 Å². The number of H-pyrrole nitrogens is 2. The average molecular weight is 2010 g/mol. The van der Waals surface area contributed by atoms with E-state index in [-0.39, 0.29) is 267 Å². The molecule has 140 heavy (non-hydrogen) atoms. The molecule has 10 aliphatic heterocycles. The van der Waals surface area contributed by atoms with Crippen LogP contribution in [0.2, 0.25) is 0 Å². The van der Waals surface area contributed by atoms with Gasteiger partial charge in [0.05, 0.1) is 88.4 Å². The first-order chi connectivity index (χ1) is 66.6. The lowest BCUT2D eigenvalue weighted by atomic mass is 9.87. The summed E-state index contributed by atoms with van der Waals surface area (Å²) in [6, 6.07) is 43.1. The van der Waals surface area contributed by atoms with Crippen LogP contribution in [0.1, 0.15) is 95.0 Å². The Hall–Kier alpha value is -14.0. The fourth-order valence-corrected chi connectivity index (χ4v) is 39.1. The normalized spacial score (nSPS) is 16.5. The van der Waals surface area contributed by atoms with Crippen molar-refractivity contribution >= 4 is 125 Å². The van der Waals surface area contributed by atoms with Crippen molar-refractivity contribution in [1.82, 2.24) is 19.9 Å². The Morgan fingerprint density at radius 2 is 0.350 bits per heavy atom. The van der Waals surface area contributed by atoms with Gasteiger partial charge in [0.2, 0.25) is 78.7 Å². The molecule has 0 unspecified atom stereocenters. The third kappa shape index (κ3) is 11.2. The van der Waals surface area contributed by atoms with E-state index in [9.17, 15) is 0 Å². The van der Waals surface area contributed by atoms with Gasteiger partial charge in [-0.3, -0.25) is 0 Å². The van der Waals surface area contributed by atoms with E-state index in [1.54, 1.807) is 180 Å². The Bertz CT molecular complexity index is 8860. The predicted molar refractivity (Wildman–Crippen MR) is 530 cm³/mol. The lowest BCUT2D eigenvalue weighted by Gasteiger charge is -2.34. The van der Waals surface area contributed by atoms with Crippen molar-refractivity contribution in [3.8, 4) is 157 Å². The number of fused-ring (bicyclic) bond motifs is 20. The van der Waals surface area contributed by atoms with E-state index >= 15 is 67.3 Å². The Morgan fingerprint density at radius 3 is 0.507 bits per heavy atom. The molecule has 24 nitrogen and oxygen atoms in total. The van der Waals surface area contributed by atoms with E-state index < -0.39 is 118 Å². The summed E-state index contributed by atoms with van der Waals surface area (Å²) in [7, 11) is -40.9. The highest BCUT2D eigenvalue weighted by Gasteiger charge is 2.56. The van der Waals surface area contributed by atoms with Gasteiger partial charge in [0.15, 0.2) is 0 Å². The van der Waals surface area contributed by atoms with Crippen LogP contribution < -0.4 is 18.9 Å². The highest BCUT2D eigenvalue weighted by molar-refractivity contribution is 7.97. The molecule has 12 aromatic carbocycles. The minimum Gasteiger partial charge on any atom is -0.493 e. The molecular formula is C108H78N4O20S8. The number of benzene rings is 12. The second kappa shape index (κ2) is 28.9. The smallest absolute Gasteiger partial charge is 0.209 e. The van der Waals surface area contributed by atoms with E-state index in [1.807, 2.05) is 0 Å². The summed E-state index contributed by atoms with van der Waals surface area (Å²) in [5.74, 6) is -0.679. The fourth-order valence-electron chi connectivity index (χ4n) is 22.6. The Labute approximate surface area is 806 Å². The van der Waals surface area contributed by atoms with Crippen molar-refractivity contribution in [2.45, 2.75) is 161 Å². The number of nitrogens with one attached hydrogen (secondary N) is 2. The zero-order valence-corrected chi connectivity index (χ0v) is 83.2. The Kier molecular flexibility index (Phi) is 18.1. The molecule has 32 heteroatoms. The number of aromatic nitrogens is 4. The third-order valence-electron chi connectivity index (χ3n) is 28.1. The number of nitrogens with zero attached hydrogens (tertiary/aromatic N) is 2. The minimum atomic E-state index is -5.22. The second-order valence-electron chi connectivity index (χ2n) is 36.7. The summed E-state index contributed by atoms with van der Waals surface area (Å²) in [5.41, 5.74) is 1.97. The van der Waals surface area contributed by atoms with Crippen LogP contribution >= 0.6 is 0 Å². The molecule has 0 saturated heterocycles. The topological polar surface area (TPSA) is 367 Å². The van der Waals surface area contributed by atoms with Crippen LogP contribution in [0.4, 0.5) is 0 Å². The molecule has 0 amide bonds. The number of hydrogen-bond acceptors (Lipinski definition) is 22. The zero-order valence-electron chi connectivity index (χ0n) is 76.6. The summed E-state index contributed by atoms with van der Waals surface area (Å²) >= 11 is 0. The first-order valence-electron chi connectivity index (χ1n) is 45.2. The molecule has 24 bridgehead atoms. The molecule has 0 spiro atoms. The van der Waals surface area contributed by atoms with Crippen molar-refractivity contribution in [1.29, 1.82) is 0 Å². The quantitative estimate of drug-likeness (QED) is 0.115. The highest BCUT2D eigenvalue weighted by Crippen LogP contribution is 2.70. The van der Waals surface area contributed by atoms with Crippen LogP contribution in [0.3, 0.4) is 0 Å². The average Bonchev–Trinajstić information content (AvgIpc) is 1.14. The SMILES string of the molecule is CCOc1c2c3c(c(c1-c1c4nc(c(-c5c(OCC)c6c7c(c5S(=O)(=O)c5ccc(C)cc5-7)S(=O)(=O)c5ccc(C)cc5-6)c5ccc([nH]5)c(-c5c(OCC)c6c7c(c5S(=O)(=O)c5ccc(C)cc5-7)S(=O)(=O)c5ccc(C)cc5-6)c5nc(c(-c6c(OCC)c7c8c(c6S(=O)(=O)c6ccc(C)cc6-8)S(=O)(=O)c6ccc(C)cc6-7)c6ccc1[nH]6)C=C5)C=C4)S(=O)(=O)c1ccc(C)cc1-3)S(=O)(=O)c1ccc(C)cc1-2. The van der Waals surface area contributed by atoms with Gasteiger partial charge in [0, 0.05) is 156 Å². The summed E-state index contributed by atoms with van der Waals surface area (Å²) in [6.07, 6.45) is 5.89. The summed E-state index contributed by atoms with van der Waals surface area (Å²) in [5, 5.41) is 0. The Morgan fingerprint density at radius 1 is 0.200 bits per heavy atom. The van der Waals surface area contributed by atoms with Crippen molar-refractivity contribution in [3.05, 3.63) is 237 Å². The first kappa shape index (κ1) is 87.5. The van der Waals surface area contributed by atoms with Crippen LogP contribution in [0, 0.1) is 55.4 Å². The molecule has 0 saturated carbocycles. The van der Waals surface area contributed by atoms with Gasteiger partial charge in [-0.1, -0.05) is 117 Å². The lowest BCUT2D eigenvalue weighted by Crippen LogP contribution is -2.24. The van der Waals surface area contributed by atoms with E-state index in [4.69, 9.17) is 28.9 Å². The lowest BCUT2D eigenvalue weighted by molar-refractivity contribution is 0.341. The van der Waals surface area contributed by atoms with Crippen molar-refractivity contribution in [3.63, 3.8) is 0 Å². The molecule has 10 aliphatic rings. The summed E-state index contributed by atoms with van der Waals surface area (Å²) < 4.78 is 298. The molecular weight excluding hydrogens is 1930 g/mol. The molecule has 0 atom stereocenters. The van der Waals surface area contributed by atoms with E-state index in [0.717, 1.165) is 0 Å². The zero-order chi connectivity index (χ0) is 97.8. The molecule has 25 rings (SSSR count). The van der Waals surface area contributed by atoms with Gasteiger partial charge in [-0.2, -0.15) is 0 Å². The van der Waals surface area contributed by atoms with Gasteiger partial charge < -0.3 is 28.9 Å². The second-order valence-corrected chi connectivity index (χ2v) is 51.5. The maximum Gasteiger partial charge on any atom is 0.209 e. The molecule has 15 aromatic rings. The maximum absolute atomic E-state index is 17.1. The van der Waals surface area contributed by atoms with Gasteiger partial charge in [-0.15, -0.1) is 0 Å². The number of ether oxygens (including phenoxy) is 4. The van der Waals surface area contributed by atoms with Crippen LogP contribution in [0.25, 0.3) is 180 Å².